The molecule has 0 saturated carbocycles. The molecular weight excluding hydrogens is 462 g/mol. The van der Waals surface area contributed by atoms with Gasteiger partial charge in [0.05, 0.1) is 25.3 Å². The van der Waals surface area contributed by atoms with Gasteiger partial charge in [-0.05, 0) is 18.2 Å². The maximum Gasteiger partial charge on any atom is 0.259 e. The first kappa shape index (κ1) is 22.8. The fourth-order valence-corrected chi connectivity index (χ4v) is 3.85. The van der Waals surface area contributed by atoms with E-state index < -0.39 is 0 Å². The van der Waals surface area contributed by atoms with Crippen LogP contribution in [0, 0.1) is 0 Å². The van der Waals surface area contributed by atoms with Crippen molar-refractivity contribution in [2.24, 2.45) is 0 Å². The summed E-state index contributed by atoms with van der Waals surface area (Å²) in [6.45, 7) is -0.203. The average Bonchev–Trinajstić information content (AvgIpc) is 3.40. The molecule has 3 heterocycles. The summed E-state index contributed by atoms with van der Waals surface area (Å²) in [5.74, 6) is 1.26. The number of nitrogens with one attached hydrogen (secondary N) is 1. The van der Waals surface area contributed by atoms with Crippen LogP contribution >= 0.6 is 0 Å². The first-order valence-electron chi connectivity index (χ1n) is 11.0. The number of anilines is 1. The number of nitrogens with zero attached hydrogens (tertiary/aromatic N) is 4. The van der Waals surface area contributed by atoms with Gasteiger partial charge >= 0.3 is 0 Å². The van der Waals surface area contributed by atoms with Crippen LogP contribution in [0.3, 0.4) is 0 Å². The summed E-state index contributed by atoms with van der Waals surface area (Å²) in [5, 5.41) is 7.53. The van der Waals surface area contributed by atoms with Crippen molar-refractivity contribution in [2.45, 2.75) is 6.54 Å². The summed E-state index contributed by atoms with van der Waals surface area (Å²) >= 11 is 0. The van der Waals surface area contributed by atoms with Crippen LogP contribution in [0.5, 0.6) is 11.5 Å². The van der Waals surface area contributed by atoms with Crippen molar-refractivity contribution in [1.29, 1.82) is 0 Å². The number of fused-ring (bicyclic) bond motifs is 1. The van der Waals surface area contributed by atoms with Crippen LogP contribution in [-0.4, -0.2) is 39.8 Å². The molecule has 2 aromatic carbocycles. The van der Waals surface area contributed by atoms with E-state index >= 15 is 0 Å². The molecule has 0 spiro atoms. The first-order valence-corrected chi connectivity index (χ1v) is 11.0. The second-order valence-electron chi connectivity index (χ2n) is 7.81. The molecule has 0 aliphatic carbocycles. The highest BCUT2D eigenvalue weighted by Gasteiger charge is 2.18. The van der Waals surface area contributed by atoms with Crippen LogP contribution in [0.1, 0.15) is 0 Å². The molecule has 5 rings (SSSR count). The molecule has 10 heteroatoms. The zero-order chi connectivity index (χ0) is 25.1. The number of para-hydroxylation sites is 1. The van der Waals surface area contributed by atoms with E-state index in [1.165, 1.54) is 24.9 Å². The number of benzene rings is 2. The van der Waals surface area contributed by atoms with Crippen LogP contribution < -0.4 is 20.3 Å². The van der Waals surface area contributed by atoms with Gasteiger partial charge in [-0.3, -0.25) is 19.1 Å². The Bertz CT molecular complexity index is 1590. The molecular formula is C26H21N5O5. The maximum atomic E-state index is 13.1. The topological polar surface area (TPSA) is 121 Å². The molecule has 5 aromatic rings. The molecule has 1 N–H and O–H groups in total. The number of ether oxygens (including phenoxy) is 2. The minimum Gasteiger partial charge on any atom is -0.497 e. The first-order chi connectivity index (χ1) is 17.6. The van der Waals surface area contributed by atoms with E-state index in [0.717, 1.165) is 5.56 Å². The van der Waals surface area contributed by atoms with E-state index in [2.05, 4.69) is 20.4 Å². The van der Waals surface area contributed by atoms with Crippen molar-refractivity contribution >= 4 is 22.5 Å². The van der Waals surface area contributed by atoms with Crippen molar-refractivity contribution in [3.05, 3.63) is 83.4 Å². The molecule has 0 fully saturated rings. The molecule has 10 nitrogen and oxygen atoms in total. The van der Waals surface area contributed by atoms with Crippen molar-refractivity contribution in [3.63, 3.8) is 0 Å². The van der Waals surface area contributed by atoms with Gasteiger partial charge in [0.2, 0.25) is 11.7 Å². The van der Waals surface area contributed by atoms with E-state index in [9.17, 15) is 9.59 Å². The Morgan fingerprint density at radius 1 is 1.00 bits per heavy atom. The SMILES string of the molecule is COc1cc(NC(=O)Cn2c(=O)cc(-c3nc(-c4ccncc4)no3)c3ccccc32)cc(OC)c1. The summed E-state index contributed by atoms with van der Waals surface area (Å²) in [4.78, 5) is 34.5. The standard InChI is InChI=1S/C26H21N5O5/c1-34-18-11-17(12-19(13-18)35-2)28-23(32)15-31-22-6-4-3-5-20(22)21(14-24(31)33)26-29-25(30-36-26)16-7-9-27-10-8-16/h3-14H,15H2,1-2H3,(H,28,32). The van der Waals surface area contributed by atoms with Gasteiger partial charge in [-0.2, -0.15) is 4.98 Å². The third-order valence-electron chi connectivity index (χ3n) is 5.55. The largest absolute Gasteiger partial charge is 0.497 e. The second-order valence-corrected chi connectivity index (χ2v) is 7.81. The van der Waals surface area contributed by atoms with Crippen LogP contribution in [0.15, 0.2) is 82.4 Å². The van der Waals surface area contributed by atoms with Crippen molar-refractivity contribution in [1.82, 2.24) is 19.7 Å². The van der Waals surface area contributed by atoms with Crippen molar-refractivity contribution in [3.8, 4) is 34.3 Å². The number of carbonyl (C=O) groups is 1. The van der Waals surface area contributed by atoms with Crippen LogP contribution in [0.4, 0.5) is 5.69 Å². The van der Waals surface area contributed by atoms with Gasteiger partial charge in [-0.15, -0.1) is 0 Å². The van der Waals surface area contributed by atoms with Crippen molar-refractivity contribution in [2.75, 3.05) is 19.5 Å². The number of aromatic nitrogens is 4. The van der Waals surface area contributed by atoms with E-state index in [4.69, 9.17) is 14.0 Å². The van der Waals surface area contributed by atoms with Crippen LogP contribution in [-0.2, 0) is 11.3 Å². The van der Waals surface area contributed by atoms with Crippen LogP contribution in [0.2, 0.25) is 0 Å². The van der Waals surface area contributed by atoms with Gasteiger partial charge in [0.25, 0.3) is 11.4 Å². The van der Waals surface area contributed by atoms with Crippen LogP contribution in [0.25, 0.3) is 33.7 Å². The number of rotatable bonds is 7. The van der Waals surface area contributed by atoms with E-state index in [1.54, 1.807) is 54.9 Å². The lowest BCUT2D eigenvalue weighted by atomic mass is 10.1. The Morgan fingerprint density at radius 2 is 1.72 bits per heavy atom. The van der Waals surface area contributed by atoms with E-state index in [0.29, 0.717) is 39.5 Å². The highest BCUT2D eigenvalue weighted by molar-refractivity contribution is 5.95. The molecule has 0 aliphatic rings. The maximum absolute atomic E-state index is 13.1. The number of hydrogen-bond donors (Lipinski definition) is 1. The summed E-state index contributed by atoms with van der Waals surface area (Å²) in [6.07, 6.45) is 3.27. The molecule has 0 unspecified atom stereocenters. The number of hydrogen-bond acceptors (Lipinski definition) is 8. The normalized spacial score (nSPS) is 10.8. The lowest BCUT2D eigenvalue weighted by Gasteiger charge is -2.13. The molecule has 0 radical (unpaired) electrons. The molecule has 0 bridgehead atoms. The lowest BCUT2D eigenvalue weighted by molar-refractivity contribution is -0.116. The molecule has 0 aliphatic heterocycles. The fourth-order valence-electron chi connectivity index (χ4n) is 3.85. The number of pyridine rings is 2. The third-order valence-corrected chi connectivity index (χ3v) is 5.55. The van der Waals surface area contributed by atoms with Crippen molar-refractivity contribution < 1.29 is 18.8 Å². The second kappa shape index (κ2) is 9.71. The molecule has 36 heavy (non-hydrogen) atoms. The van der Waals surface area contributed by atoms with Gasteiger partial charge < -0.3 is 19.3 Å². The summed E-state index contributed by atoms with van der Waals surface area (Å²) < 4.78 is 17.4. The van der Waals surface area contributed by atoms with Gasteiger partial charge in [-0.25, -0.2) is 0 Å². The minimum absolute atomic E-state index is 0.203. The molecule has 1 amide bonds. The Labute approximate surface area is 205 Å². The number of methoxy groups -OCH3 is 2. The summed E-state index contributed by atoms with van der Waals surface area (Å²) in [6, 6.07) is 17.2. The monoisotopic (exact) mass is 483 g/mol. The lowest BCUT2D eigenvalue weighted by Crippen LogP contribution is -2.27. The molecule has 0 atom stereocenters. The van der Waals surface area contributed by atoms with E-state index in [-0.39, 0.29) is 23.9 Å². The van der Waals surface area contributed by atoms with Gasteiger partial charge in [0, 0.05) is 53.3 Å². The average molecular weight is 483 g/mol. The highest BCUT2D eigenvalue weighted by atomic mass is 16.5. The summed E-state index contributed by atoms with van der Waals surface area (Å²) in [5.41, 5.74) is 1.88. The zero-order valence-corrected chi connectivity index (χ0v) is 19.5. The molecule has 3 aromatic heterocycles. The molecule has 180 valence electrons. The minimum atomic E-state index is -0.386. The fraction of sp³-hybridized carbons (Fsp3) is 0.115. The van der Waals surface area contributed by atoms with Gasteiger partial charge in [0.1, 0.15) is 18.0 Å². The van der Waals surface area contributed by atoms with E-state index in [1.807, 2.05) is 12.1 Å². The zero-order valence-electron chi connectivity index (χ0n) is 19.5. The number of amides is 1. The number of carbonyl (C=O) groups excluding carboxylic acids is 1. The van der Waals surface area contributed by atoms with Gasteiger partial charge in [0.15, 0.2) is 0 Å². The Kier molecular flexibility index (Phi) is 6.14. The van der Waals surface area contributed by atoms with Gasteiger partial charge in [-0.1, -0.05) is 23.4 Å². The predicted molar refractivity (Wildman–Crippen MR) is 133 cm³/mol. The Balaban J connectivity index is 1.48. The molecule has 0 saturated heterocycles. The predicted octanol–water partition coefficient (Wildman–Crippen LogP) is 3.77. The highest BCUT2D eigenvalue weighted by Crippen LogP contribution is 2.28. The third kappa shape index (κ3) is 4.51. The smallest absolute Gasteiger partial charge is 0.259 e. The Morgan fingerprint density at radius 3 is 2.44 bits per heavy atom. The summed E-state index contributed by atoms with van der Waals surface area (Å²) in [7, 11) is 3.05. The quantitative estimate of drug-likeness (QED) is 0.371. The Hall–Kier alpha value is -4.99.